The standard InChI is InChI=1S/C87H144NO8P/c1-3-5-7-9-11-13-15-17-19-21-23-25-27-29-31-33-35-37-39-41-42-44-46-48-50-52-54-56-58-60-62-64-66-68-70-72-74-76-78-80-87(90)96-85(84-95-97(91,92)94-82-81-88)83-93-86(89)79-77-75-73-71-69-67-65-63-61-59-57-55-53-51-49-47-45-43-40-38-36-34-32-30-28-26-24-22-20-18-16-14-12-10-8-6-4-2/h5-8,11-14,17-20,23-26,29-32,35-38,41-43,45-46,48,85H,3-4,9-10,15-16,21-22,27-28,33-34,39-40,44,47,49-84,88H2,1-2H3,(H,91,92)/b7-5-,8-6-,13-11-,14-12-,19-17-,20-18-,25-23-,26-24-,31-29-,32-30-,37-35-,38-36-,42-41-,45-43-,48-46-. The number of esters is 2. The van der Waals surface area contributed by atoms with Gasteiger partial charge in [-0.25, -0.2) is 4.57 Å². The summed E-state index contributed by atoms with van der Waals surface area (Å²) in [6.45, 7) is 3.53. The number of hydrogen-bond donors (Lipinski definition) is 2. The van der Waals surface area contributed by atoms with E-state index >= 15 is 0 Å². The van der Waals surface area contributed by atoms with Crippen molar-refractivity contribution in [1.29, 1.82) is 0 Å². The van der Waals surface area contributed by atoms with Gasteiger partial charge in [-0.2, -0.15) is 0 Å². The Morgan fingerprint density at radius 2 is 0.536 bits per heavy atom. The molecule has 0 fully saturated rings. The van der Waals surface area contributed by atoms with Gasteiger partial charge in [0.25, 0.3) is 0 Å². The number of hydrogen-bond acceptors (Lipinski definition) is 8. The molecule has 10 heteroatoms. The van der Waals surface area contributed by atoms with Gasteiger partial charge < -0.3 is 20.1 Å². The van der Waals surface area contributed by atoms with Crippen LogP contribution in [0.2, 0.25) is 0 Å². The highest BCUT2D eigenvalue weighted by Crippen LogP contribution is 2.43. The van der Waals surface area contributed by atoms with Crippen molar-refractivity contribution in [3.63, 3.8) is 0 Å². The highest BCUT2D eigenvalue weighted by Gasteiger charge is 2.26. The van der Waals surface area contributed by atoms with Crippen LogP contribution in [0.15, 0.2) is 182 Å². The summed E-state index contributed by atoms with van der Waals surface area (Å²) in [5.41, 5.74) is 5.41. The molecule has 0 spiro atoms. The van der Waals surface area contributed by atoms with E-state index < -0.39 is 26.5 Å². The van der Waals surface area contributed by atoms with E-state index in [0.717, 1.165) is 135 Å². The minimum atomic E-state index is -4.41. The Bertz CT molecular complexity index is 2250. The molecule has 550 valence electrons. The van der Waals surface area contributed by atoms with Gasteiger partial charge in [0.1, 0.15) is 6.61 Å². The van der Waals surface area contributed by atoms with Crippen molar-refractivity contribution in [2.75, 3.05) is 26.4 Å². The fraction of sp³-hybridized carbons (Fsp3) is 0.632. The molecular formula is C87H144NO8P. The van der Waals surface area contributed by atoms with Crippen molar-refractivity contribution in [2.45, 2.75) is 328 Å². The van der Waals surface area contributed by atoms with Crippen LogP contribution >= 0.6 is 7.82 Å². The fourth-order valence-corrected chi connectivity index (χ4v) is 11.3. The van der Waals surface area contributed by atoms with Crippen molar-refractivity contribution >= 4 is 19.8 Å². The zero-order valence-corrected chi connectivity index (χ0v) is 62.9. The van der Waals surface area contributed by atoms with Crippen LogP contribution in [0, 0.1) is 0 Å². The van der Waals surface area contributed by atoms with E-state index in [9.17, 15) is 19.0 Å². The Morgan fingerprint density at radius 3 is 0.794 bits per heavy atom. The van der Waals surface area contributed by atoms with E-state index in [2.05, 4.69) is 196 Å². The van der Waals surface area contributed by atoms with E-state index in [1.165, 1.54) is 154 Å². The first kappa shape index (κ1) is 92.1. The van der Waals surface area contributed by atoms with Gasteiger partial charge in [0, 0.05) is 19.4 Å². The quantitative estimate of drug-likeness (QED) is 0.0264. The van der Waals surface area contributed by atoms with E-state index in [4.69, 9.17) is 24.3 Å². The Morgan fingerprint density at radius 1 is 0.309 bits per heavy atom. The summed E-state index contributed by atoms with van der Waals surface area (Å²) in [6, 6.07) is 0. The highest BCUT2D eigenvalue weighted by atomic mass is 31.2. The van der Waals surface area contributed by atoms with Crippen LogP contribution in [0.4, 0.5) is 0 Å². The van der Waals surface area contributed by atoms with E-state index in [0.29, 0.717) is 6.42 Å². The Kier molecular flexibility index (Phi) is 76.1. The lowest BCUT2D eigenvalue weighted by molar-refractivity contribution is -0.161. The van der Waals surface area contributed by atoms with Crippen LogP contribution in [0.5, 0.6) is 0 Å². The van der Waals surface area contributed by atoms with Crippen molar-refractivity contribution in [1.82, 2.24) is 0 Å². The van der Waals surface area contributed by atoms with Gasteiger partial charge in [-0.05, 0) is 135 Å². The minimum absolute atomic E-state index is 0.0471. The molecule has 0 bridgehead atoms. The van der Waals surface area contributed by atoms with Crippen LogP contribution in [0.25, 0.3) is 0 Å². The summed E-state index contributed by atoms with van der Waals surface area (Å²) in [5.74, 6) is -0.828. The molecule has 0 aliphatic heterocycles. The number of carbonyl (C=O) groups is 2. The molecule has 0 aromatic carbocycles. The SMILES string of the molecule is CC/C=C\C/C=C\C/C=C\C/C=C\C/C=C\C/C=C\C/C=C\C/C=C\CCCCCCCCCCCCCCCCC(=O)OC(COC(=O)CCCCCCCCCCCCCCCCC/C=C\C/C=C\C/C=C\C/C=C\C/C=C\C/C=C\C/C=C\CC)COP(=O)(O)OCCN. The molecule has 0 saturated heterocycles. The van der Waals surface area contributed by atoms with Crippen molar-refractivity contribution in [3.05, 3.63) is 182 Å². The molecule has 0 rings (SSSR count). The maximum atomic E-state index is 12.8. The lowest BCUT2D eigenvalue weighted by atomic mass is 10.0. The minimum Gasteiger partial charge on any atom is -0.462 e. The number of phosphoric acid groups is 1. The van der Waals surface area contributed by atoms with Crippen molar-refractivity contribution in [2.24, 2.45) is 5.73 Å². The molecule has 0 aromatic heterocycles. The maximum Gasteiger partial charge on any atom is 0.472 e. The molecule has 3 N–H and O–H groups in total. The molecule has 2 unspecified atom stereocenters. The normalized spacial score (nSPS) is 13.9. The van der Waals surface area contributed by atoms with Crippen LogP contribution in [0.1, 0.15) is 322 Å². The number of unbranched alkanes of at least 4 members (excludes halogenated alkanes) is 29. The highest BCUT2D eigenvalue weighted by molar-refractivity contribution is 7.47. The summed E-state index contributed by atoms with van der Waals surface area (Å²) in [4.78, 5) is 35.5. The van der Waals surface area contributed by atoms with Crippen LogP contribution in [-0.2, 0) is 32.7 Å². The Balaban J connectivity index is 3.88. The van der Waals surface area contributed by atoms with Gasteiger partial charge in [-0.3, -0.25) is 18.6 Å². The molecule has 0 aliphatic carbocycles. The van der Waals surface area contributed by atoms with Crippen molar-refractivity contribution < 1.29 is 37.6 Å². The van der Waals surface area contributed by atoms with Crippen molar-refractivity contribution in [3.8, 4) is 0 Å². The Labute approximate surface area is 596 Å². The van der Waals surface area contributed by atoms with Crippen LogP contribution < -0.4 is 5.73 Å². The van der Waals surface area contributed by atoms with E-state index in [1.807, 2.05) is 0 Å². The molecule has 0 aliphatic rings. The summed E-state index contributed by atoms with van der Waals surface area (Å²) in [5, 5.41) is 0. The molecule has 97 heavy (non-hydrogen) atoms. The summed E-state index contributed by atoms with van der Waals surface area (Å²) >= 11 is 0. The second-order valence-corrected chi connectivity index (χ2v) is 26.9. The van der Waals surface area contributed by atoms with Gasteiger partial charge in [0.2, 0.25) is 0 Å². The van der Waals surface area contributed by atoms with Gasteiger partial charge in [0.15, 0.2) is 6.10 Å². The maximum absolute atomic E-state index is 12.8. The number of allylic oxidation sites excluding steroid dienone is 30. The monoisotopic (exact) mass is 1360 g/mol. The predicted molar refractivity (Wildman–Crippen MR) is 422 cm³/mol. The third-order valence-electron chi connectivity index (χ3n) is 16.3. The second kappa shape index (κ2) is 80.1. The smallest absolute Gasteiger partial charge is 0.462 e. The summed E-state index contributed by atoms with van der Waals surface area (Å²) in [6.07, 6.45) is 120. The third kappa shape index (κ3) is 80.0. The number of ether oxygens (including phenoxy) is 2. The molecule has 0 heterocycles. The largest absolute Gasteiger partial charge is 0.472 e. The second-order valence-electron chi connectivity index (χ2n) is 25.5. The van der Waals surface area contributed by atoms with Crippen LogP contribution in [0.3, 0.4) is 0 Å². The topological polar surface area (TPSA) is 134 Å². The zero-order chi connectivity index (χ0) is 70.0. The molecule has 0 aromatic rings. The van der Waals surface area contributed by atoms with Gasteiger partial charge in [-0.15, -0.1) is 0 Å². The molecule has 9 nitrogen and oxygen atoms in total. The lowest BCUT2D eigenvalue weighted by Gasteiger charge is -2.19. The molecular weight excluding hydrogens is 1220 g/mol. The number of rotatable bonds is 72. The van der Waals surface area contributed by atoms with Gasteiger partial charge in [0.05, 0.1) is 13.2 Å². The average Bonchev–Trinajstić information content (AvgIpc) is 2.88. The van der Waals surface area contributed by atoms with E-state index in [1.54, 1.807) is 0 Å². The Hall–Kier alpha value is -4.89. The number of nitrogens with two attached hydrogens (primary N) is 1. The third-order valence-corrected chi connectivity index (χ3v) is 17.3. The average molecular weight is 1360 g/mol. The summed E-state index contributed by atoms with van der Waals surface area (Å²) in [7, 11) is -4.41. The van der Waals surface area contributed by atoms with Gasteiger partial charge >= 0.3 is 19.8 Å². The first-order chi connectivity index (χ1) is 47.8. The summed E-state index contributed by atoms with van der Waals surface area (Å²) < 4.78 is 33.3. The van der Waals surface area contributed by atoms with E-state index in [-0.39, 0.29) is 38.6 Å². The molecule has 2 atom stereocenters. The fourth-order valence-electron chi connectivity index (χ4n) is 10.6. The first-order valence-electron chi connectivity index (χ1n) is 39.3. The number of carbonyl (C=O) groups excluding carboxylic acids is 2. The molecule has 0 amide bonds. The lowest BCUT2D eigenvalue weighted by Crippen LogP contribution is -2.29. The zero-order valence-electron chi connectivity index (χ0n) is 62.0. The molecule has 0 saturated carbocycles. The number of phosphoric ester groups is 1. The first-order valence-corrected chi connectivity index (χ1v) is 40.8. The van der Waals surface area contributed by atoms with Gasteiger partial charge in [-0.1, -0.05) is 357 Å². The molecule has 0 radical (unpaired) electrons. The predicted octanol–water partition coefficient (Wildman–Crippen LogP) is 26.6. The van der Waals surface area contributed by atoms with Crippen LogP contribution in [-0.4, -0.2) is 49.3 Å².